The van der Waals surface area contributed by atoms with E-state index in [0.29, 0.717) is 67.3 Å². The molecule has 2 heterocycles. The van der Waals surface area contributed by atoms with Gasteiger partial charge in [-0.2, -0.15) is 0 Å². The number of hydrogen-bond acceptors (Lipinski definition) is 6. The predicted molar refractivity (Wildman–Crippen MR) is 208 cm³/mol. The molecule has 1 aliphatic rings. The third-order valence-electron chi connectivity index (χ3n) is 9.18. The first-order chi connectivity index (χ1) is 25.7. The lowest BCUT2D eigenvalue weighted by atomic mass is 10.1. The summed E-state index contributed by atoms with van der Waals surface area (Å²) in [7, 11) is 0. The maximum absolute atomic E-state index is 14.9. The summed E-state index contributed by atoms with van der Waals surface area (Å²) in [6.07, 6.45) is 7.09. The van der Waals surface area contributed by atoms with Gasteiger partial charge in [-0.1, -0.05) is 79.0 Å². The van der Waals surface area contributed by atoms with Gasteiger partial charge in [0.2, 0.25) is 11.8 Å². The molecule has 7 nitrogen and oxygen atoms in total. The Hall–Kier alpha value is -5.18. The zero-order valence-corrected chi connectivity index (χ0v) is 31.2. The fraction of sp³-hybridized carbons (Fsp3) is 0.273. The average Bonchev–Trinajstić information content (AvgIpc) is 3.16. The standard InChI is InChI=1S/C44H45ClFN3O4/c1-4-5-33-11-15-38(16-12-33)52-30-37-14-10-36(26-41(37)46)28-48-20-22-49(23-21-48)43(50)19-13-35-24-32(3)44(40(45)25-35)53-42-18-17-39(27-47-42)51-29-34-8-6-31(2)7-9-34/h6-19,24-27H,4-5,20-23,28-30H2,1-3H3. The van der Waals surface area contributed by atoms with Crippen LogP contribution in [-0.2, 0) is 31.0 Å². The van der Waals surface area contributed by atoms with Crippen LogP contribution in [0.25, 0.3) is 6.08 Å². The van der Waals surface area contributed by atoms with Gasteiger partial charge in [0, 0.05) is 50.4 Å². The highest BCUT2D eigenvalue weighted by Crippen LogP contribution is 2.34. The Labute approximate surface area is 316 Å². The van der Waals surface area contributed by atoms with Gasteiger partial charge in [0.05, 0.1) is 11.2 Å². The summed E-state index contributed by atoms with van der Waals surface area (Å²) < 4.78 is 32.6. The second-order valence-corrected chi connectivity index (χ2v) is 13.8. The monoisotopic (exact) mass is 733 g/mol. The molecular weight excluding hydrogens is 689 g/mol. The second kappa shape index (κ2) is 18.0. The lowest BCUT2D eigenvalue weighted by Gasteiger charge is -2.34. The van der Waals surface area contributed by atoms with Crippen LogP contribution in [0.15, 0.2) is 103 Å². The van der Waals surface area contributed by atoms with Gasteiger partial charge >= 0.3 is 0 Å². The van der Waals surface area contributed by atoms with Gasteiger partial charge in [-0.3, -0.25) is 9.69 Å². The summed E-state index contributed by atoms with van der Waals surface area (Å²) in [4.78, 5) is 21.5. The van der Waals surface area contributed by atoms with Crippen LogP contribution < -0.4 is 14.2 Å². The van der Waals surface area contributed by atoms with Crippen molar-refractivity contribution < 1.29 is 23.4 Å². The fourth-order valence-corrected chi connectivity index (χ4v) is 6.43. The number of carbonyl (C=O) groups is 1. The number of aromatic nitrogens is 1. The molecule has 1 aliphatic heterocycles. The van der Waals surface area contributed by atoms with Gasteiger partial charge in [0.15, 0.2) is 5.75 Å². The molecule has 4 aromatic carbocycles. The number of amides is 1. The molecule has 53 heavy (non-hydrogen) atoms. The van der Waals surface area contributed by atoms with E-state index in [9.17, 15) is 9.18 Å². The summed E-state index contributed by atoms with van der Waals surface area (Å²) in [6.45, 7) is 9.92. The smallest absolute Gasteiger partial charge is 0.246 e. The molecule has 0 N–H and O–H groups in total. The second-order valence-electron chi connectivity index (χ2n) is 13.4. The van der Waals surface area contributed by atoms with E-state index in [2.05, 4.69) is 48.0 Å². The largest absolute Gasteiger partial charge is 0.489 e. The highest BCUT2D eigenvalue weighted by atomic mass is 35.5. The highest BCUT2D eigenvalue weighted by Gasteiger charge is 2.20. The van der Waals surface area contributed by atoms with E-state index in [0.717, 1.165) is 40.8 Å². The maximum atomic E-state index is 14.9. The molecule has 0 bridgehead atoms. The Morgan fingerprint density at radius 3 is 2.21 bits per heavy atom. The van der Waals surface area contributed by atoms with Crippen LogP contribution in [-0.4, -0.2) is 46.9 Å². The molecule has 6 rings (SSSR count). The number of ether oxygens (including phenoxy) is 3. The molecule has 0 unspecified atom stereocenters. The minimum atomic E-state index is -0.274. The van der Waals surface area contributed by atoms with Crippen molar-refractivity contribution in [2.75, 3.05) is 26.2 Å². The van der Waals surface area contributed by atoms with Crippen molar-refractivity contribution in [1.29, 1.82) is 0 Å². The van der Waals surface area contributed by atoms with Crippen LogP contribution in [0.4, 0.5) is 4.39 Å². The molecule has 0 atom stereocenters. The van der Waals surface area contributed by atoms with Gasteiger partial charge in [-0.15, -0.1) is 0 Å². The van der Waals surface area contributed by atoms with E-state index in [-0.39, 0.29) is 18.3 Å². The van der Waals surface area contributed by atoms with Gasteiger partial charge in [0.25, 0.3) is 0 Å². The number of benzene rings is 4. The van der Waals surface area contributed by atoms with Crippen molar-refractivity contribution in [3.05, 3.63) is 153 Å². The Morgan fingerprint density at radius 1 is 0.830 bits per heavy atom. The van der Waals surface area contributed by atoms with Crippen LogP contribution in [0.2, 0.25) is 5.02 Å². The van der Waals surface area contributed by atoms with Crippen LogP contribution in [0.5, 0.6) is 23.1 Å². The molecule has 5 aromatic rings. The summed E-state index contributed by atoms with van der Waals surface area (Å²) >= 11 is 6.62. The van der Waals surface area contributed by atoms with E-state index in [1.54, 1.807) is 42.6 Å². The molecule has 1 aromatic heterocycles. The summed E-state index contributed by atoms with van der Waals surface area (Å²) in [5, 5.41) is 0.418. The average molecular weight is 734 g/mol. The van der Waals surface area contributed by atoms with Crippen molar-refractivity contribution in [1.82, 2.24) is 14.8 Å². The SMILES string of the molecule is CCCc1ccc(OCc2ccc(CN3CCN(C(=O)C=Cc4cc(C)c(Oc5ccc(OCc6ccc(C)cc6)cn5)c(Cl)c4)CC3)cc2F)cc1. The summed E-state index contributed by atoms with van der Waals surface area (Å²) in [5.41, 5.74) is 6.57. The quantitative estimate of drug-likeness (QED) is 0.106. The number of halogens is 2. The molecule has 9 heteroatoms. The van der Waals surface area contributed by atoms with Crippen LogP contribution in [0, 0.1) is 19.7 Å². The number of carbonyl (C=O) groups excluding carboxylic acids is 1. The first kappa shape index (κ1) is 37.6. The Kier molecular flexibility index (Phi) is 12.8. The number of aryl methyl sites for hydroxylation is 3. The molecular formula is C44H45ClFN3O4. The Balaban J connectivity index is 0.948. The van der Waals surface area contributed by atoms with E-state index in [1.165, 1.54) is 11.1 Å². The molecule has 0 spiro atoms. The van der Waals surface area contributed by atoms with Gasteiger partial charge in [-0.25, -0.2) is 9.37 Å². The number of pyridine rings is 1. The summed E-state index contributed by atoms with van der Waals surface area (Å²) in [5.74, 6) is 1.93. The van der Waals surface area contributed by atoms with E-state index in [4.69, 9.17) is 25.8 Å². The molecule has 0 saturated carbocycles. The molecule has 1 fully saturated rings. The highest BCUT2D eigenvalue weighted by molar-refractivity contribution is 6.32. The van der Waals surface area contributed by atoms with Crippen molar-refractivity contribution >= 4 is 23.6 Å². The van der Waals surface area contributed by atoms with E-state index < -0.39 is 0 Å². The van der Waals surface area contributed by atoms with Crippen LogP contribution in [0.3, 0.4) is 0 Å². The fourth-order valence-electron chi connectivity index (χ4n) is 6.12. The minimum absolute atomic E-state index is 0.0666. The number of rotatable bonds is 14. The number of piperazine rings is 1. The Bertz CT molecular complexity index is 1990. The van der Waals surface area contributed by atoms with Crippen molar-refractivity contribution in [3.8, 4) is 23.1 Å². The number of nitrogens with zero attached hydrogens (tertiary/aromatic N) is 3. The molecule has 0 aliphatic carbocycles. The first-order valence-corrected chi connectivity index (χ1v) is 18.4. The van der Waals surface area contributed by atoms with E-state index >= 15 is 0 Å². The summed E-state index contributed by atoms with van der Waals surface area (Å²) in [6, 6.07) is 28.8. The topological polar surface area (TPSA) is 64.1 Å². The maximum Gasteiger partial charge on any atom is 0.246 e. The van der Waals surface area contributed by atoms with Crippen molar-refractivity contribution in [2.45, 2.75) is 53.4 Å². The lowest BCUT2D eigenvalue weighted by molar-refractivity contribution is -0.127. The molecule has 1 amide bonds. The van der Waals surface area contributed by atoms with E-state index in [1.807, 2.05) is 54.3 Å². The zero-order chi connectivity index (χ0) is 37.2. The molecule has 274 valence electrons. The van der Waals surface area contributed by atoms with Gasteiger partial charge in [-0.05, 0) is 90.6 Å². The normalized spacial score (nSPS) is 13.3. The molecule has 0 radical (unpaired) electrons. The predicted octanol–water partition coefficient (Wildman–Crippen LogP) is 9.75. The number of hydrogen-bond donors (Lipinski definition) is 0. The van der Waals surface area contributed by atoms with Gasteiger partial charge < -0.3 is 19.1 Å². The van der Waals surface area contributed by atoms with Crippen molar-refractivity contribution in [3.63, 3.8) is 0 Å². The van der Waals surface area contributed by atoms with Crippen LogP contribution in [0.1, 0.15) is 52.3 Å². The Morgan fingerprint density at radius 2 is 1.53 bits per heavy atom. The van der Waals surface area contributed by atoms with Crippen molar-refractivity contribution in [2.24, 2.45) is 0 Å². The first-order valence-electron chi connectivity index (χ1n) is 18.0. The third kappa shape index (κ3) is 10.7. The zero-order valence-electron chi connectivity index (χ0n) is 30.5. The van der Waals surface area contributed by atoms with Crippen LogP contribution >= 0.6 is 11.6 Å². The lowest BCUT2D eigenvalue weighted by Crippen LogP contribution is -2.47. The van der Waals surface area contributed by atoms with Gasteiger partial charge in [0.1, 0.15) is 30.5 Å². The minimum Gasteiger partial charge on any atom is -0.489 e. The molecule has 1 saturated heterocycles. The third-order valence-corrected chi connectivity index (χ3v) is 9.46.